The van der Waals surface area contributed by atoms with Crippen LogP contribution >= 0.6 is 11.8 Å². The zero-order valence-corrected chi connectivity index (χ0v) is 22.0. The Morgan fingerprint density at radius 1 is 0.892 bits per heavy atom. The van der Waals surface area contributed by atoms with Crippen LogP contribution < -0.4 is 5.32 Å². The van der Waals surface area contributed by atoms with E-state index >= 15 is 0 Å². The van der Waals surface area contributed by atoms with Crippen molar-refractivity contribution >= 4 is 39.3 Å². The van der Waals surface area contributed by atoms with E-state index in [9.17, 15) is 18.0 Å². The highest BCUT2D eigenvalue weighted by atomic mass is 32.2. The third-order valence-corrected chi connectivity index (χ3v) is 9.86. The number of benzene rings is 3. The molecule has 2 aliphatic rings. The number of hydrogen-bond acceptors (Lipinski definition) is 5. The first-order chi connectivity index (χ1) is 17.9. The molecule has 2 saturated heterocycles. The minimum Gasteiger partial charge on any atom is -0.322 e. The van der Waals surface area contributed by atoms with Gasteiger partial charge in [0.15, 0.2) is 0 Å². The SMILES string of the molecule is O=C(Nc1ccc(S(=O)(=O)N2CCCCC2)cc1)c1ccc([C@@H]2SCC(=O)N2Cc2ccccc2)cc1. The Morgan fingerprint density at radius 2 is 1.57 bits per heavy atom. The number of carbonyl (C=O) groups excluding carboxylic acids is 2. The van der Waals surface area contributed by atoms with Crippen LogP contribution in [0.4, 0.5) is 5.69 Å². The molecule has 3 aromatic carbocycles. The number of nitrogens with zero attached hydrogens (tertiary/aromatic N) is 2. The number of thioether (sulfide) groups is 1. The molecule has 7 nitrogen and oxygen atoms in total. The Morgan fingerprint density at radius 3 is 2.24 bits per heavy atom. The van der Waals surface area contributed by atoms with Crippen molar-refractivity contribution in [2.45, 2.75) is 36.1 Å². The maximum Gasteiger partial charge on any atom is 0.255 e. The van der Waals surface area contributed by atoms with E-state index < -0.39 is 10.0 Å². The number of sulfonamides is 1. The summed E-state index contributed by atoms with van der Waals surface area (Å²) in [4.78, 5) is 27.4. The Labute approximate surface area is 221 Å². The standard InChI is InChI=1S/C28H29N3O4S2/c32-26-20-36-28(31(26)19-21-7-3-1-4-8-21)23-11-9-22(10-12-23)27(33)29-24-13-15-25(16-14-24)37(34,35)30-17-5-2-6-18-30/h1,3-4,7-16,28H,2,5-6,17-20H2,(H,29,33)/t28-/m0/s1. The number of piperidine rings is 1. The van der Waals surface area contributed by atoms with Crippen LogP contribution in [0.2, 0.25) is 0 Å². The van der Waals surface area contributed by atoms with Gasteiger partial charge in [0.2, 0.25) is 15.9 Å². The highest BCUT2D eigenvalue weighted by Gasteiger charge is 2.33. The summed E-state index contributed by atoms with van der Waals surface area (Å²) in [5, 5.41) is 2.74. The van der Waals surface area contributed by atoms with E-state index in [1.54, 1.807) is 36.0 Å². The van der Waals surface area contributed by atoms with Gasteiger partial charge in [0.05, 0.1) is 10.6 Å². The Bertz CT molecular complexity index is 1350. The van der Waals surface area contributed by atoms with Crippen molar-refractivity contribution in [2.24, 2.45) is 0 Å². The first-order valence-electron chi connectivity index (χ1n) is 12.4. The molecule has 9 heteroatoms. The predicted octanol–water partition coefficient (Wildman–Crippen LogP) is 4.89. The fourth-order valence-corrected chi connectivity index (χ4v) is 7.35. The maximum atomic E-state index is 12.8. The second kappa shape index (κ2) is 11.1. The van der Waals surface area contributed by atoms with Gasteiger partial charge < -0.3 is 10.2 Å². The molecular weight excluding hydrogens is 506 g/mol. The smallest absolute Gasteiger partial charge is 0.255 e. The Kier molecular flexibility index (Phi) is 7.64. The summed E-state index contributed by atoms with van der Waals surface area (Å²) in [5.41, 5.74) is 3.06. The fraction of sp³-hybridized carbons (Fsp3) is 0.286. The van der Waals surface area contributed by atoms with E-state index in [0.29, 0.717) is 36.6 Å². The fourth-order valence-electron chi connectivity index (χ4n) is 4.65. The van der Waals surface area contributed by atoms with Gasteiger partial charge in [-0.15, -0.1) is 11.8 Å². The molecule has 0 bridgehead atoms. The molecule has 0 aliphatic carbocycles. The molecule has 2 amide bonds. The molecular formula is C28H29N3O4S2. The molecule has 0 spiro atoms. The van der Waals surface area contributed by atoms with Crippen LogP contribution in [-0.2, 0) is 21.4 Å². The average molecular weight is 536 g/mol. The van der Waals surface area contributed by atoms with Crippen molar-refractivity contribution in [2.75, 3.05) is 24.2 Å². The van der Waals surface area contributed by atoms with Crippen molar-refractivity contribution in [3.05, 3.63) is 95.6 Å². The second-order valence-electron chi connectivity index (χ2n) is 9.24. The average Bonchev–Trinajstić information content (AvgIpc) is 3.29. The predicted molar refractivity (Wildman–Crippen MR) is 146 cm³/mol. The van der Waals surface area contributed by atoms with Crippen LogP contribution in [0.3, 0.4) is 0 Å². The van der Waals surface area contributed by atoms with Crippen molar-refractivity contribution in [3.8, 4) is 0 Å². The molecule has 2 fully saturated rings. The molecule has 192 valence electrons. The lowest BCUT2D eigenvalue weighted by molar-refractivity contribution is -0.128. The molecule has 0 saturated carbocycles. The largest absolute Gasteiger partial charge is 0.322 e. The minimum atomic E-state index is -3.51. The third-order valence-electron chi connectivity index (χ3n) is 6.69. The van der Waals surface area contributed by atoms with Gasteiger partial charge in [0, 0.05) is 30.9 Å². The molecule has 5 rings (SSSR count). The van der Waals surface area contributed by atoms with Crippen molar-refractivity contribution in [1.82, 2.24) is 9.21 Å². The zero-order chi connectivity index (χ0) is 25.8. The monoisotopic (exact) mass is 535 g/mol. The summed E-state index contributed by atoms with van der Waals surface area (Å²) < 4.78 is 27.2. The minimum absolute atomic E-state index is 0.0979. The number of carbonyl (C=O) groups is 2. The highest BCUT2D eigenvalue weighted by Crippen LogP contribution is 2.39. The summed E-state index contributed by atoms with van der Waals surface area (Å²) in [6, 6.07) is 23.5. The normalized spacial score (nSPS) is 18.6. The molecule has 0 unspecified atom stereocenters. The summed E-state index contributed by atoms with van der Waals surface area (Å²) in [7, 11) is -3.51. The van der Waals surface area contributed by atoms with Gasteiger partial charge >= 0.3 is 0 Å². The van der Waals surface area contributed by atoms with Gasteiger partial charge in [-0.2, -0.15) is 4.31 Å². The number of nitrogens with one attached hydrogen (secondary N) is 1. The summed E-state index contributed by atoms with van der Waals surface area (Å²) in [5.74, 6) is 0.254. The van der Waals surface area contributed by atoms with E-state index in [1.807, 2.05) is 47.4 Å². The summed E-state index contributed by atoms with van der Waals surface area (Å²) >= 11 is 1.58. The van der Waals surface area contributed by atoms with Gasteiger partial charge in [-0.3, -0.25) is 9.59 Å². The number of amides is 2. The van der Waals surface area contributed by atoms with Gasteiger partial charge in [-0.05, 0) is 60.4 Å². The molecule has 2 heterocycles. The molecule has 37 heavy (non-hydrogen) atoms. The molecule has 0 radical (unpaired) electrons. The van der Waals surface area contributed by atoms with E-state index in [-0.39, 0.29) is 22.1 Å². The second-order valence-corrected chi connectivity index (χ2v) is 12.2. The number of rotatable bonds is 7. The van der Waals surface area contributed by atoms with Crippen LogP contribution in [0.25, 0.3) is 0 Å². The zero-order valence-electron chi connectivity index (χ0n) is 20.4. The van der Waals surface area contributed by atoms with Gasteiger partial charge in [0.1, 0.15) is 5.37 Å². The summed E-state index contributed by atoms with van der Waals surface area (Å²) in [6.45, 7) is 1.64. The van der Waals surface area contributed by atoms with Crippen molar-refractivity contribution in [1.29, 1.82) is 0 Å². The van der Waals surface area contributed by atoms with Crippen LogP contribution in [0.1, 0.15) is 46.1 Å². The van der Waals surface area contributed by atoms with Crippen molar-refractivity contribution in [3.63, 3.8) is 0 Å². The maximum absolute atomic E-state index is 12.8. The lowest BCUT2D eigenvalue weighted by atomic mass is 10.1. The third kappa shape index (κ3) is 5.74. The quantitative estimate of drug-likeness (QED) is 0.466. The Hall–Kier alpha value is -3.14. The molecule has 1 N–H and O–H groups in total. The van der Waals surface area contributed by atoms with Crippen LogP contribution in [0.5, 0.6) is 0 Å². The first-order valence-corrected chi connectivity index (χ1v) is 14.9. The highest BCUT2D eigenvalue weighted by molar-refractivity contribution is 8.00. The van der Waals surface area contributed by atoms with Crippen LogP contribution in [-0.4, -0.2) is 48.3 Å². The lowest BCUT2D eigenvalue weighted by Crippen LogP contribution is -2.35. The van der Waals surface area contributed by atoms with Crippen molar-refractivity contribution < 1.29 is 18.0 Å². The topological polar surface area (TPSA) is 86.8 Å². The van der Waals surface area contributed by atoms with E-state index in [2.05, 4.69) is 5.32 Å². The van der Waals surface area contributed by atoms with E-state index in [4.69, 9.17) is 0 Å². The lowest BCUT2D eigenvalue weighted by Gasteiger charge is -2.25. The van der Waals surface area contributed by atoms with Gasteiger partial charge in [-0.25, -0.2) is 8.42 Å². The van der Waals surface area contributed by atoms with Crippen LogP contribution in [0, 0.1) is 0 Å². The van der Waals surface area contributed by atoms with Gasteiger partial charge in [-0.1, -0.05) is 48.9 Å². The molecule has 1 atom stereocenters. The first kappa shape index (κ1) is 25.5. The number of anilines is 1. The molecule has 3 aromatic rings. The van der Waals surface area contributed by atoms with E-state index in [1.165, 1.54) is 16.4 Å². The van der Waals surface area contributed by atoms with Crippen LogP contribution in [0.15, 0.2) is 83.8 Å². The molecule has 2 aliphatic heterocycles. The Balaban J connectivity index is 1.23. The summed E-state index contributed by atoms with van der Waals surface area (Å²) in [6.07, 6.45) is 2.82. The molecule has 0 aromatic heterocycles. The van der Waals surface area contributed by atoms with E-state index in [0.717, 1.165) is 30.4 Å². The van der Waals surface area contributed by atoms with Gasteiger partial charge in [0.25, 0.3) is 5.91 Å². The number of hydrogen-bond donors (Lipinski definition) is 1.